The number of aromatic amines is 1. The molecule has 3 N–H and O–H groups in total. The number of anilines is 1. The molecule has 2 amide bonds. The Kier molecular flexibility index (Phi) is 4.76. The predicted octanol–water partition coefficient (Wildman–Crippen LogP) is 1.96. The van der Waals surface area contributed by atoms with E-state index >= 15 is 0 Å². The van der Waals surface area contributed by atoms with Crippen LogP contribution in [0.5, 0.6) is 0 Å². The summed E-state index contributed by atoms with van der Waals surface area (Å²) < 4.78 is 0. The maximum absolute atomic E-state index is 11.8. The Bertz CT molecular complexity index is 605. The molecule has 0 unspecified atom stereocenters. The lowest BCUT2D eigenvalue weighted by atomic mass is 10.3. The van der Waals surface area contributed by atoms with Crippen molar-refractivity contribution in [3.05, 3.63) is 24.3 Å². The minimum absolute atomic E-state index is 0.148. The van der Waals surface area contributed by atoms with Gasteiger partial charge in [0.25, 0.3) is 0 Å². The Hall–Kier alpha value is -2.57. The summed E-state index contributed by atoms with van der Waals surface area (Å²) in [5, 5.41) is 11.9. The zero-order valence-electron chi connectivity index (χ0n) is 11.8. The fourth-order valence-corrected chi connectivity index (χ4v) is 1.90. The molecule has 0 spiro atoms. The molecule has 7 heteroatoms. The van der Waals surface area contributed by atoms with E-state index in [2.05, 4.69) is 15.3 Å². The molecule has 0 saturated carbocycles. The van der Waals surface area contributed by atoms with Crippen LogP contribution in [-0.4, -0.2) is 40.2 Å². The van der Waals surface area contributed by atoms with Crippen molar-refractivity contribution in [2.45, 2.75) is 19.8 Å². The summed E-state index contributed by atoms with van der Waals surface area (Å²) in [5.74, 6) is -0.194. The molecule has 0 atom stereocenters. The number of unbranched alkanes of at least 4 members (excludes halogenated alkanes) is 1. The molecule has 0 bridgehead atoms. The summed E-state index contributed by atoms with van der Waals surface area (Å²) in [7, 11) is 0. The van der Waals surface area contributed by atoms with Crippen LogP contribution in [0.1, 0.15) is 19.8 Å². The molecule has 1 heterocycles. The highest BCUT2D eigenvalue weighted by Crippen LogP contribution is 2.16. The van der Waals surface area contributed by atoms with E-state index < -0.39 is 6.09 Å². The number of para-hydroxylation sites is 2. The summed E-state index contributed by atoms with van der Waals surface area (Å²) in [6.07, 6.45) is 0.607. The highest BCUT2D eigenvalue weighted by molar-refractivity contribution is 5.94. The topological polar surface area (TPSA) is 98.3 Å². The van der Waals surface area contributed by atoms with Gasteiger partial charge >= 0.3 is 6.09 Å². The number of fused-ring (bicyclic) bond motifs is 1. The lowest BCUT2D eigenvalue weighted by Gasteiger charge is -2.15. The van der Waals surface area contributed by atoms with Crippen molar-refractivity contribution in [1.29, 1.82) is 0 Å². The van der Waals surface area contributed by atoms with Crippen LogP contribution in [0, 0.1) is 0 Å². The second kappa shape index (κ2) is 6.74. The van der Waals surface area contributed by atoms with E-state index in [1.807, 2.05) is 19.1 Å². The van der Waals surface area contributed by atoms with Gasteiger partial charge in [-0.3, -0.25) is 4.79 Å². The molecule has 7 nitrogen and oxygen atoms in total. The monoisotopic (exact) mass is 290 g/mol. The van der Waals surface area contributed by atoms with Crippen LogP contribution in [0.3, 0.4) is 0 Å². The number of carbonyl (C=O) groups excluding carboxylic acids is 1. The van der Waals surface area contributed by atoms with Crippen LogP contribution in [-0.2, 0) is 4.79 Å². The molecule has 0 aliphatic heterocycles. The van der Waals surface area contributed by atoms with Crippen molar-refractivity contribution in [2.24, 2.45) is 0 Å². The van der Waals surface area contributed by atoms with Crippen LogP contribution >= 0.6 is 0 Å². The standard InChI is InChI=1S/C14H18N4O3/c1-2-3-8-15-12(19)9-18(14(20)21)13-16-10-6-4-5-7-11(10)17-13/h4-7H,2-3,8-9H2,1H3,(H,15,19)(H,16,17)(H,20,21). The number of benzene rings is 1. The third-order valence-electron chi connectivity index (χ3n) is 3.02. The maximum Gasteiger partial charge on any atom is 0.414 e. The summed E-state index contributed by atoms with van der Waals surface area (Å²) in [5.41, 5.74) is 1.38. The summed E-state index contributed by atoms with van der Waals surface area (Å²) in [4.78, 5) is 31.1. The van der Waals surface area contributed by atoms with Gasteiger partial charge in [-0.1, -0.05) is 25.5 Å². The summed E-state index contributed by atoms with van der Waals surface area (Å²) >= 11 is 0. The quantitative estimate of drug-likeness (QED) is 0.708. The number of imidazole rings is 1. The van der Waals surface area contributed by atoms with E-state index in [1.165, 1.54) is 0 Å². The Balaban J connectivity index is 2.11. The van der Waals surface area contributed by atoms with Gasteiger partial charge in [0.2, 0.25) is 11.9 Å². The number of nitrogens with one attached hydrogen (secondary N) is 2. The van der Waals surface area contributed by atoms with Crippen molar-refractivity contribution in [1.82, 2.24) is 15.3 Å². The number of rotatable bonds is 6. The minimum atomic E-state index is -1.22. The van der Waals surface area contributed by atoms with Gasteiger partial charge in [-0.15, -0.1) is 0 Å². The number of carboxylic acid groups (broad SMARTS) is 1. The third kappa shape index (κ3) is 3.71. The van der Waals surface area contributed by atoms with Gasteiger partial charge in [0, 0.05) is 6.54 Å². The SMILES string of the molecule is CCCCNC(=O)CN(C(=O)O)c1nc2ccccc2[nH]1. The highest BCUT2D eigenvalue weighted by Gasteiger charge is 2.21. The molecule has 21 heavy (non-hydrogen) atoms. The second-order valence-corrected chi connectivity index (χ2v) is 4.65. The molecule has 0 fully saturated rings. The van der Waals surface area contributed by atoms with E-state index in [9.17, 15) is 14.7 Å². The number of nitrogens with zero attached hydrogens (tertiary/aromatic N) is 2. The Morgan fingerprint density at radius 1 is 1.38 bits per heavy atom. The van der Waals surface area contributed by atoms with E-state index in [1.54, 1.807) is 12.1 Å². The molecule has 0 saturated heterocycles. The smallest absolute Gasteiger partial charge is 0.414 e. The molecule has 0 aliphatic carbocycles. The van der Waals surface area contributed by atoms with Crippen molar-refractivity contribution in [2.75, 3.05) is 18.0 Å². The second-order valence-electron chi connectivity index (χ2n) is 4.65. The van der Waals surface area contributed by atoms with Crippen LogP contribution in [0.25, 0.3) is 11.0 Å². The van der Waals surface area contributed by atoms with Gasteiger partial charge < -0.3 is 15.4 Å². The number of amides is 2. The zero-order valence-corrected chi connectivity index (χ0v) is 11.8. The number of aromatic nitrogens is 2. The molecule has 0 aliphatic rings. The van der Waals surface area contributed by atoms with Gasteiger partial charge in [-0.2, -0.15) is 0 Å². The average molecular weight is 290 g/mol. The Morgan fingerprint density at radius 3 is 2.81 bits per heavy atom. The summed E-state index contributed by atoms with van der Waals surface area (Å²) in [6.45, 7) is 2.28. The predicted molar refractivity (Wildman–Crippen MR) is 79.4 cm³/mol. The van der Waals surface area contributed by atoms with Crippen molar-refractivity contribution in [3.8, 4) is 0 Å². The molecular weight excluding hydrogens is 272 g/mol. The van der Waals surface area contributed by atoms with Crippen molar-refractivity contribution >= 4 is 29.0 Å². The van der Waals surface area contributed by atoms with Crippen LogP contribution in [0.15, 0.2) is 24.3 Å². The first-order valence-corrected chi connectivity index (χ1v) is 6.83. The van der Waals surface area contributed by atoms with Gasteiger partial charge in [0.05, 0.1) is 11.0 Å². The molecule has 1 aromatic carbocycles. The normalized spacial score (nSPS) is 10.5. The number of carbonyl (C=O) groups is 2. The van der Waals surface area contributed by atoms with E-state index in [0.717, 1.165) is 23.3 Å². The maximum atomic E-state index is 11.8. The van der Waals surface area contributed by atoms with Crippen LogP contribution in [0.2, 0.25) is 0 Å². The van der Waals surface area contributed by atoms with Gasteiger partial charge in [0.15, 0.2) is 0 Å². The first-order valence-electron chi connectivity index (χ1n) is 6.83. The lowest BCUT2D eigenvalue weighted by Crippen LogP contribution is -2.41. The fourth-order valence-electron chi connectivity index (χ4n) is 1.90. The molecule has 2 aromatic rings. The Morgan fingerprint density at radius 2 is 2.14 bits per heavy atom. The van der Waals surface area contributed by atoms with Crippen molar-refractivity contribution in [3.63, 3.8) is 0 Å². The van der Waals surface area contributed by atoms with Crippen LogP contribution in [0.4, 0.5) is 10.7 Å². The van der Waals surface area contributed by atoms with E-state index in [-0.39, 0.29) is 18.4 Å². The molecule has 2 rings (SSSR count). The zero-order chi connectivity index (χ0) is 15.2. The number of H-pyrrole nitrogens is 1. The number of hydrogen-bond donors (Lipinski definition) is 3. The lowest BCUT2D eigenvalue weighted by molar-refractivity contribution is -0.119. The first kappa shape index (κ1) is 14.8. The van der Waals surface area contributed by atoms with Crippen molar-refractivity contribution < 1.29 is 14.7 Å². The Labute approximate surface area is 122 Å². The molecular formula is C14H18N4O3. The fraction of sp³-hybridized carbons (Fsp3) is 0.357. The highest BCUT2D eigenvalue weighted by atomic mass is 16.4. The number of hydrogen-bond acceptors (Lipinski definition) is 3. The van der Waals surface area contributed by atoms with E-state index in [4.69, 9.17) is 0 Å². The van der Waals surface area contributed by atoms with Gasteiger partial charge in [-0.25, -0.2) is 14.7 Å². The van der Waals surface area contributed by atoms with Crippen LogP contribution < -0.4 is 10.2 Å². The van der Waals surface area contributed by atoms with E-state index in [0.29, 0.717) is 12.1 Å². The van der Waals surface area contributed by atoms with Gasteiger partial charge in [0.1, 0.15) is 6.54 Å². The van der Waals surface area contributed by atoms with Gasteiger partial charge in [-0.05, 0) is 18.6 Å². The third-order valence-corrected chi connectivity index (χ3v) is 3.02. The first-order chi connectivity index (χ1) is 10.1. The average Bonchev–Trinajstić information content (AvgIpc) is 2.88. The minimum Gasteiger partial charge on any atom is -0.465 e. The summed E-state index contributed by atoms with van der Waals surface area (Å²) in [6, 6.07) is 7.21. The molecule has 1 aromatic heterocycles. The molecule has 0 radical (unpaired) electrons. The molecule has 112 valence electrons. The largest absolute Gasteiger partial charge is 0.465 e.